The van der Waals surface area contributed by atoms with Crippen molar-refractivity contribution in [3.63, 3.8) is 0 Å². The molecule has 1 atom stereocenters. The number of rotatable bonds is 2. The molecule has 0 radical (unpaired) electrons. The van der Waals surface area contributed by atoms with E-state index in [-0.39, 0.29) is 6.23 Å². The van der Waals surface area contributed by atoms with Gasteiger partial charge in [0.2, 0.25) is 0 Å². The summed E-state index contributed by atoms with van der Waals surface area (Å²) in [5, 5.41) is 0. The van der Waals surface area contributed by atoms with E-state index >= 15 is 0 Å². The van der Waals surface area contributed by atoms with Gasteiger partial charge in [-0.3, -0.25) is 4.99 Å². The van der Waals surface area contributed by atoms with Crippen molar-refractivity contribution < 1.29 is 4.74 Å². The lowest BCUT2D eigenvalue weighted by Crippen LogP contribution is -2.07. The molecule has 0 saturated carbocycles. The average Bonchev–Trinajstić information content (AvgIpc) is 2.15. The molecule has 0 bridgehead atoms. The third-order valence-corrected chi connectivity index (χ3v) is 1.31. The summed E-state index contributed by atoms with van der Waals surface area (Å²) in [5.74, 6) is 0.685. The summed E-state index contributed by atoms with van der Waals surface area (Å²) in [5.41, 5.74) is 0. The predicted octanol–water partition coefficient (Wildman–Crippen LogP) is 1.46. The molecule has 2 heteroatoms. The fourth-order valence-corrected chi connectivity index (χ4v) is 0.890. The first-order chi connectivity index (χ1) is 4.29. The lowest BCUT2D eigenvalue weighted by molar-refractivity contribution is 0.0921. The van der Waals surface area contributed by atoms with Gasteiger partial charge in [-0.05, 0) is 12.3 Å². The highest BCUT2D eigenvalue weighted by atomic mass is 16.5. The lowest BCUT2D eigenvalue weighted by Gasteiger charge is -2.08. The number of nitrogens with zero attached hydrogens (tertiary/aromatic N) is 1. The van der Waals surface area contributed by atoms with Crippen molar-refractivity contribution in [1.82, 2.24) is 0 Å². The Balaban J connectivity index is 2.20. The third-order valence-electron chi connectivity index (χ3n) is 1.31. The number of hydrogen-bond acceptors (Lipinski definition) is 2. The van der Waals surface area contributed by atoms with E-state index in [0.29, 0.717) is 12.5 Å². The molecule has 0 amide bonds. The molecular formula is C7H13NO. The van der Waals surface area contributed by atoms with Crippen molar-refractivity contribution in [3.05, 3.63) is 0 Å². The molecule has 0 aromatic rings. The Hall–Kier alpha value is -0.370. The van der Waals surface area contributed by atoms with Crippen LogP contribution in [0.5, 0.6) is 0 Å². The lowest BCUT2D eigenvalue weighted by atomic mass is 10.1. The van der Waals surface area contributed by atoms with Crippen LogP contribution in [0.15, 0.2) is 4.99 Å². The molecule has 52 valence electrons. The van der Waals surface area contributed by atoms with E-state index in [1.807, 2.05) is 6.21 Å². The second kappa shape index (κ2) is 2.97. The number of ether oxygens (including phenoxy) is 1. The number of hydrogen-bond donors (Lipinski definition) is 0. The van der Waals surface area contributed by atoms with E-state index in [4.69, 9.17) is 4.74 Å². The van der Waals surface area contributed by atoms with Gasteiger partial charge in [-0.15, -0.1) is 0 Å². The topological polar surface area (TPSA) is 21.6 Å². The van der Waals surface area contributed by atoms with Crippen LogP contribution in [0.25, 0.3) is 0 Å². The van der Waals surface area contributed by atoms with Gasteiger partial charge in [0.1, 0.15) is 6.23 Å². The van der Waals surface area contributed by atoms with Crippen LogP contribution in [0.4, 0.5) is 0 Å². The van der Waals surface area contributed by atoms with E-state index in [0.717, 1.165) is 6.42 Å². The zero-order valence-corrected chi connectivity index (χ0v) is 6.00. The molecule has 0 N–H and O–H groups in total. The number of aliphatic imine (C=N–C) groups is 1. The maximum Gasteiger partial charge on any atom is 0.148 e. The second-order valence-electron chi connectivity index (χ2n) is 2.75. The molecule has 1 rings (SSSR count). The summed E-state index contributed by atoms with van der Waals surface area (Å²) >= 11 is 0. The van der Waals surface area contributed by atoms with Crippen molar-refractivity contribution in [2.45, 2.75) is 26.5 Å². The minimum Gasteiger partial charge on any atom is -0.351 e. The van der Waals surface area contributed by atoms with E-state index in [9.17, 15) is 0 Å². The predicted molar refractivity (Wildman–Crippen MR) is 37.7 cm³/mol. The fraction of sp³-hybridized carbons (Fsp3) is 0.857. The molecule has 9 heavy (non-hydrogen) atoms. The van der Waals surface area contributed by atoms with Crippen LogP contribution in [0.1, 0.15) is 20.3 Å². The molecular weight excluding hydrogens is 114 g/mol. The van der Waals surface area contributed by atoms with Gasteiger partial charge in [-0.1, -0.05) is 13.8 Å². The zero-order chi connectivity index (χ0) is 6.69. The summed E-state index contributed by atoms with van der Waals surface area (Å²) in [7, 11) is 0. The molecule has 0 saturated heterocycles. The van der Waals surface area contributed by atoms with E-state index < -0.39 is 0 Å². The molecule has 0 fully saturated rings. The molecule has 1 unspecified atom stereocenters. The smallest absolute Gasteiger partial charge is 0.148 e. The Morgan fingerprint density at radius 3 is 3.00 bits per heavy atom. The monoisotopic (exact) mass is 127 g/mol. The van der Waals surface area contributed by atoms with Crippen LogP contribution in [0, 0.1) is 5.92 Å². The molecule has 0 aliphatic carbocycles. The Labute approximate surface area is 55.9 Å². The van der Waals surface area contributed by atoms with Crippen LogP contribution < -0.4 is 0 Å². The molecule has 1 aliphatic heterocycles. The van der Waals surface area contributed by atoms with Crippen molar-refractivity contribution in [2.24, 2.45) is 10.9 Å². The van der Waals surface area contributed by atoms with Crippen molar-refractivity contribution in [2.75, 3.05) is 6.61 Å². The molecule has 2 nitrogen and oxygen atoms in total. The minimum absolute atomic E-state index is 0.157. The van der Waals surface area contributed by atoms with E-state index in [2.05, 4.69) is 18.8 Å². The Kier molecular flexibility index (Phi) is 2.22. The SMILES string of the molecule is CC(C)CC1N=CCO1. The van der Waals surface area contributed by atoms with Gasteiger partial charge in [0, 0.05) is 6.21 Å². The Bertz CT molecular complexity index is 109. The van der Waals surface area contributed by atoms with Crippen LogP contribution in [-0.2, 0) is 4.74 Å². The van der Waals surface area contributed by atoms with Crippen LogP contribution in [-0.4, -0.2) is 19.0 Å². The van der Waals surface area contributed by atoms with Gasteiger partial charge in [0.15, 0.2) is 0 Å². The first-order valence-corrected chi connectivity index (χ1v) is 3.42. The molecule has 0 spiro atoms. The molecule has 0 aromatic heterocycles. The summed E-state index contributed by atoms with van der Waals surface area (Å²) in [6.45, 7) is 5.06. The molecule has 0 aromatic carbocycles. The third kappa shape index (κ3) is 2.14. The van der Waals surface area contributed by atoms with Crippen LogP contribution >= 0.6 is 0 Å². The van der Waals surface area contributed by atoms with Gasteiger partial charge >= 0.3 is 0 Å². The maximum atomic E-state index is 5.24. The maximum absolute atomic E-state index is 5.24. The van der Waals surface area contributed by atoms with Crippen molar-refractivity contribution in [3.8, 4) is 0 Å². The largest absolute Gasteiger partial charge is 0.351 e. The summed E-state index contributed by atoms with van der Waals surface area (Å²) < 4.78 is 5.24. The fourth-order valence-electron chi connectivity index (χ4n) is 0.890. The molecule has 1 heterocycles. The van der Waals surface area contributed by atoms with Gasteiger partial charge in [-0.25, -0.2) is 0 Å². The summed E-state index contributed by atoms with van der Waals surface area (Å²) in [6.07, 6.45) is 3.05. The highest BCUT2D eigenvalue weighted by Gasteiger charge is 2.11. The quantitative estimate of drug-likeness (QED) is 0.550. The first-order valence-electron chi connectivity index (χ1n) is 3.42. The zero-order valence-electron chi connectivity index (χ0n) is 6.00. The van der Waals surface area contributed by atoms with Gasteiger partial charge in [-0.2, -0.15) is 0 Å². The van der Waals surface area contributed by atoms with Gasteiger partial charge < -0.3 is 4.74 Å². The second-order valence-corrected chi connectivity index (χ2v) is 2.75. The summed E-state index contributed by atoms with van der Waals surface area (Å²) in [6, 6.07) is 0. The van der Waals surface area contributed by atoms with E-state index in [1.54, 1.807) is 0 Å². The summed E-state index contributed by atoms with van der Waals surface area (Å²) in [4.78, 5) is 4.13. The average molecular weight is 127 g/mol. The van der Waals surface area contributed by atoms with Gasteiger partial charge in [0.25, 0.3) is 0 Å². The highest BCUT2D eigenvalue weighted by molar-refractivity contribution is 5.60. The van der Waals surface area contributed by atoms with Gasteiger partial charge in [0.05, 0.1) is 6.61 Å². The standard InChI is InChI=1S/C7H13NO/c1-6(2)5-7-8-3-4-9-7/h3,6-7H,4-5H2,1-2H3. The Morgan fingerprint density at radius 2 is 2.56 bits per heavy atom. The van der Waals surface area contributed by atoms with Crippen LogP contribution in [0.3, 0.4) is 0 Å². The Morgan fingerprint density at radius 1 is 1.78 bits per heavy atom. The minimum atomic E-state index is 0.157. The normalized spacial score (nSPS) is 25.9. The highest BCUT2D eigenvalue weighted by Crippen LogP contribution is 2.11. The van der Waals surface area contributed by atoms with Crippen molar-refractivity contribution >= 4 is 6.21 Å². The van der Waals surface area contributed by atoms with E-state index in [1.165, 1.54) is 0 Å². The van der Waals surface area contributed by atoms with Crippen LogP contribution in [0.2, 0.25) is 0 Å². The van der Waals surface area contributed by atoms with Crippen molar-refractivity contribution in [1.29, 1.82) is 0 Å². The first kappa shape index (κ1) is 6.75. The molecule has 1 aliphatic rings.